The number of nitrogens with one attached hydrogen (secondary N) is 2. The second kappa shape index (κ2) is 9.63. The number of morpholine rings is 1. The molecule has 0 radical (unpaired) electrons. The monoisotopic (exact) mass is 442 g/mol. The minimum Gasteiger partial charge on any atom is -0.383 e. The van der Waals surface area contributed by atoms with Gasteiger partial charge in [0.1, 0.15) is 5.04 Å². The molecule has 2 saturated heterocycles. The minimum atomic E-state index is 0.0490. The fourth-order valence-electron chi connectivity index (χ4n) is 4.43. The van der Waals surface area contributed by atoms with E-state index in [2.05, 4.69) is 34.6 Å². The first-order valence-electron chi connectivity index (χ1n) is 11.3. The van der Waals surface area contributed by atoms with Crippen LogP contribution in [0.15, 0.2) is 29.3 Å². The number of carbonyl (C=O) groups excluding carboxylic acids is 1. The zero-order chi connectivity index (χ0) is 21.0. The summed E-state index contributed by atoms with van der Waals surface area (Å²) in [6, 6.07) is 8.59. The van der Waals surface area contributed by atoms with Crippen molar-refractivity contribution in [1.82, 2.24) is 9.88 Å². The number of anilines is 1. The van der Waals surface area contributed by atoms with Crippen molar-refractivity contribution < 1.29 is 14.3 Å². The molecule has 3 aliphatic rings. The number of aliphatic imine (C=N–C) groups is 1. The summed E-state index contributed by atoms with van der Waals surface area (Å²) in [5.41, 5.74) is 3.31. The molecule has 0 aliphatic carbocycles. The van der Waals surface area contributed by atoms with Crippen LogP contribution in [0, 0.1) is 5.92 Å². The molecule has 0 unspecified atom stereocenters. The number of benzene rings is 1. The Hall–Kier alpha value is -2.03. The maximum absolute atomic E-state index is 12.6. The molecule has 31 heavy (non-hydrogen) atoms. The molecule has 1 aromatic carbocycles. The summed E-state index contributed by atoms with van der Waals surface area (Å²) in [5, 5.41) is 5.83. The third kappa shape index (κ3) is 4.91. The highest BCUT2D eigenvalue weighted by atomic mass is 32.2. The summed E-state index contributed by atoms with van der Waals surface area (Å²) in [7, 11) is 0. The van der Waals surface area contributed by atoms with Crippen molar-refractivity contribution in [1.29, 1.82) is 0 Å². The molecule has 2 fully saturated rings. The largest absolute Gasteiger partial charge is 0.383 e. The minimum absolute atomic E-state index is 0.0490. The van der Waals surface area contributed by atoms with Crippen molar-refractivity contribution in [3.63, 3.8) is 0 Å². The van der Waals surface area contributed by atoms with Crippen LogP contribution >= 0.6 is 11.8 Å². The van der Waals surface area contributed by atoms with Crippen molar-refractivity contribution in [2.24, 2.45) is 10.9 Å². The Morgan fingerprint density at radius 1 is 1.19 bits per heavy atom. The number of para-hydroxylation sites is 1. The average Bonchev–Trinajstić information content (AvgIpc) is 3.46. The van der Waals surface area contributed by atoms with Crippen LogP contribution in [0.3, 0.4) is 0 Å². The van der Waals surface area contributed by atoms with Crippen LogP contribution in [0.5, 0.6) is 0 Å². The first-order chi connectivity index (χ1) is 15.3. The third-order valence-corrected chi connectivity index (χ3v) is 7.45. The number of nitrogens with zero attached hydrogens (tertiary/aromatic N) is 2. The predicted octanol–water partition coefficient (Wildman–Crippen LogP) is 3.12. The summed E-state index contributed by atoms with van der Waals surface area (Å²) >= 11 is 1.74. The van der Waals surface area contributed by atoms with E-state index in [4.69, 9.17) is 14.5 Å². The van der Waals surface area contributed by atoms with E-state index in [0.29, 0.717) is 38.6 Å². The molecule has 1 atom stereocenters. The van der Waals surface area contributed by atoms with E-state index in [1.165, 1.54) is 5.39 Å². The molecule has 0 spiro atoms. The van der Waals surface area contributed by atoms with Crippen LogP contribution in [-0.4, -0.2) is 78.7 Å². The molecule has 1 amide bonds. The summed E-state index contributed by atoms with van der Waals surface area (Å²) in [6.45, 7) is 5.38. The van der Waals surface area contributed by atoms with E-state index < -0.39 is 0 Å². The molecular formula is C23H30N4O3S. The number of aromatic nitrogens is 1. The van der Waals surface area contributed by atoms with Crippen LogP contribution in [0.25, 0.3) is 10.9 Å². The molecule has 5 rings (SSSR count). The second-order valence-electron chi connectivity index (χ2n) is 8.49. The smallest absolute Gasteiger partial charge is 0.224 e. The Morgan fingerprint density at radius 2 is 2.00 bits per heavy atom. The molecule has 1 aromatic heterocycles. The van der Waals surface area contributed by atoms with Gasteiger partial charge in [-0.15, -0.1) is 11.8 Å². The van der Waals surface area contributed by atoms with Gasteiger partial charge in [0, 0.05) is 44.0 Å². The van der Waals surface area contributed by atoms with E-state index in [9.17, 15) is 4.79 Å². The van der Waals surface area contributed by atoms with Gasteiger partial charge in [-0.1, -0.05) is 12.1 Å². The van der Waals surface area contributed by atoms with Crippen LogP contribution in [0.2, 0.25) is 0 Å². The first-order valence-corrected chi connectivity index (χ1v) is 12.2. The lowest BCUT2D eigenvalue weighted by Crippen LogP contribution is -2.41. The molecule has 0 bridgehead atoms. The molecule has 166 valence electrons. The number of hydrogen-bond donors (Lipinski definition) is 2. The maximum atomic E-state index is 12.6. The fourth-order valence-corrected chi connectivity index (χ4v) is 5.47. The average molecular weight is 443 g/mol. The van der Waals surface area contributed by atoms with Crippen molar-refractivity contribution in [2.45, 2.75) is 25.3 Å². The lowest BCUT2D eigenvalue weighted by Gasteiger charge is -2.27. The number of aromatic amines is 1. The zero-order valence-corrected chi connectivity index (χ0v) is 18.6. The second-order valence-corrected chi connectivity index (χ2v) is 9.49. The predicted molar refractivity (Wildman–Crippen MR) is 125 cm³/mol. The first kappa shape index (κ1) is 20.8. The SMILES string of the molecule is O=C(C[C@@H]1CSC(c2cc3cccc(NCC4CCOCC4)c3[nH]2)=N1)N1CCOCC1. The Balaban J connectivity index is 1.25. The van der Waals surface area contributed by atoms with E-state index in [1.54, 1.807) is 11.8 Å². The maximum Gasteiger partial charge on any atom is 0.224 e. The van der Waals surface area contributed by atoms with Crippen LogP contribution in [-0.2, 0) is 14.3 Å². The molecule has 2 N–H and O–H groups in total. The van der Waals surface area contributed by atoms with Gasteiger partial charge >= 0.3 is 0 Å². The molecular weight excluding hydrogens is 412 g/mol. The molecule has 8 heteroatoms. The summed E-state index contributed by atoms with van der Waals surface area (Å²) in [4.78, 5) is 22.9. The number of carbonyl (C=O) groups is 1. The van der Waals surface area contributed by atoms with Crippen molar-refractivity contribution in [3.05, 3.63) is 30.0 Å². The van der Waals surface area contributed by atoms with Crippen LogP contribution in [0.4, 0.5) is 5.69 Å². The van der Waals surface area contributed by atoms with E-state index >= 15 is 0 Å². The lowest BCUT2D eigenvalue weighted by atomic mass is 10.0. The highest BCUT2D eigenvalue weighted by Crippen LogP contribution is 2.30. The van der Waals surface area contributed by atoms with Crippen LogP contribution in [0.1, 0.15) is 25.0 Å². The van der Waals surface area contributed by atoms with Crippen molar-refractivity contribution in [3.8, 4) is 0 Å². The highest BCUT2D eigenvalue weighted by molar-refractivity contribution is 8.14. The van der Waals surface area contributed by atoms with Crippen LogP contribution < -0.4 is 5.32 Å². The van der Waals surface area contributed by atoms with Gasteiger partial charge in [-0.2, -0.15) is 0 Å². The van der Waals surface area contributed by atoms with E-state index in [-0.39, 0.29) is 11.9 Å². The van der Waals surface area contributed by atoms with Gasteiger partial charge in [-0.25, -0.2) is 0 Å². The number of rotatable bonds is 6. The number of hydrogen-bond acceptors (Lipinski definition) is 6. The quantitative estimate of drug-likeness (QED) is 0.719. The van der Waals surface area contributed by atoms with Gasteiger partial charge in [0.15, 0.2) is 0 Å². The topological polar surface area (TPSA) is 78.9 Å². The molecule has 2 aromatic rings. The van der Waals surface area contributed by atoms with Gasteiger partial charge in [-0.3, -0.25) is 9.79 Å². The Morgan fingerprint density at radius 3 is 2.84 bits per heavy atom. The molecule has 7 nitrogen and oxygen atoms in total. The number of amides is 1. The number of thioether (sulfide) groups is 1. The summed E-state index contributed by atoms with van der Waals surface area (Å²) in [5.74, 6) is 1.71. The standard InChI is InChI=1S/C23H30N4O3S/c28-21(27-6-10-30-11-7-27)13-18-15-31-23(25-18)20-12-17-2-1-3-19(22(17)26-20)24-14-16-4-8-29-9-5-16/h1-3,12,16,18,24,26H,4-11,13-15H2/t18-/m1/s1. The zero-order valence-electron chi connectivity index (χ0n) is 17.8. The highest BCUT2D eigenvalue weighted by Gasteiger charge is 2.26. The van der Waals surface area contributed by atoms with Gasteiger partial charge < -0.3 is 24.7 Å². The molecule has 0 saturated carbocycles. The van der Waals surface area contributed by atoms with E-state index in [1.807, 2.05) is 4.90 Å². The van der Waals surface area contributed by atoms with Gasteiger partial charge in [-0.05, 0) is 30.9 Å². The number of ether oxygens (including phenoxy) is 2. The van der Waals surface area contributed by atoms with Gasteiger partial charge in [0.05, 0.1) is 42.6 Å². The summed E-state index contributed by atoms with van der Waals surface area (Å²) < 4.78 is 10.8. The number of fused-ring (bicyclic) bond motifs is 1. The third-order valence-electron chi connectivity index (χ3n) is 6.29. The lowest BCUT2D eigenvalue weighted by molar-refractivity contribution is -0.135. The molecule has 3 aliphatic heterocycles. The van der Waals surface area contributed by atoms with E-state index in [0.717, 1.165) is 60.3 Å². The van der Waals surface area contributed by atoms with Gasteiger partial charge in [0.25, 0.3) is 0 Å². The Kier molecular flexibility index (Phi) is 6.47. The normalized spacial score (nSPS) is 22.6. The van der Waals surface area contributed by atoms with Crippen molar-refractivity contribution in [2.75, 3.05) is 57.1 Å². The van der Waals surface area contributed by atoms with Crippen molar-refractivity contribution >= 4 is 39.3 Å². The number of H-pyrrole nitrogens is 1. The van der Waals surface area contributed by atoms with Gasteiger partial charge in [0.2, 0.25) is 5.91 Å². The molecule has 4 heterocycles. The Labute approximate surface area is 186 Å². The Bertz CT molecular complexity index is 947. The fraction of sp³-hybridized carbons (Fsp3) is 0.565. The summed E-state index contributed by atoms with van der Waals surface area (Å²) in [6.07, 6.45) is 2.72.